The second-order valence-corrected chi connectivity index (χ2v) is 17.2. The number of carboxylic acid groups (broad SMARTS) is 2. The number of carbonyl (C=O) groups is 11. The molecule has 1 fully saturated rings. The normalized spacial score (nSPS) is 16.9. The first-order chi connectivity index (χ1) is 31.9. The zero-order valence-corrected chi connectivity index (χ0v) is 38.7. The van der Waals surface area contributed by atoms with E-state index in [0.29, 0.717) is 12.0 Å². The van der Waals surface area contributed by atoms with E-state index in [4.69, 9.17) is 28.0 Å². The predicted octanol–water partition coefficient (Wildman–Crippen LogP) is -3.70. The predicted molar refractivity (Wildman–Crippen MR) is 241 cm³/mol. The fraction of sp³-hybridized carbons (Fsp3) is 0.605. The number of nitrogens with one attached hydrogen (secondary N) is 6. The minimum atomic E-state index is -1.80. The van der Waals surface area contributed by atoms with Gasteiger partial charge >= 0.3 is 11.9 Å². The molecule has 17 N–H and O–H groups in total. The molecule has 1 heterocycles. The molecule has 0 bridgehead atoms. The van der Waals surface area contributed by atoms with Gasteiger partial charge in [0, 0.05) is 32.4 Å². The van der Waals surface area contributed by atoms with Gasteiger partial charge in [0.1, 0.15) is 48.0 Å². The number of carboxylic acids is 2. The Morgan fingerprint density at radius 2 is 1.28 bits per heavy atom. The number of hydrogen-bond acceptors (Lipinski definition) is 14. The molecule has 1 aromatic rings. The van der Waals surface area contributed by atoms with Crippen LogP contribution < -0.4 is 54.8 Å². The molecule has 9 atom stereocenters. The van der Waals surface area contributed by atoms with Crippen LogP contribution in [0.15, 0.2) is 24.3 Å². The number of benzene rings is 1. The topological polar surface area (TPSA) is 428 Å². The van der Waals surface area contributed by atoms with Gasteiger partial charge in [0.05, 0.1) is 12.5 Å². The first kappa shape index (κ1) is 57.2. The van der Waals surface area contributed by atoms with Gasteiger partial charge < -0.3 is 75.1 Å². The van der Waals surface area contributed by atoms with E-state index in [2.05, 4.69) is 31.9 Å². The monoisotopic (exact) mass is 961 g/mol. The van der Waals surface area contributed by atoms with Crippen LogP contribution in [0.3, 0.4) is 0 Å². The minimum Gasteiger partial charge on any atom is -0.508 e. The van der Waals surface area contributed by atoms with Crippen molar-refractivity contribution < 1.29 is 68.1 Å². The Kier molecular flexibility index (Phi) is 23.3. The zero-order chi connectivity index (χ0) is 51.4. The standard InChI is InChI=1S/C43H67N11O14/c1-5-22(4)35(53-39(63)27(18-23-8-10-24(55)11-9-23)49-36(60)25(45)12-15-34(58)59)41(65)48-26(13-14-32(46)56)37(61)50-28(19-33(47)57)38(62)52-30(20-44)42(66)54-16-6-7-31(54)40(64)51-29(43(67)68)17-21(2)3/h8-11,21-22,25-31,35,55H,5-7,12-20,44-45H2,1-4H3,(H2,46,56)(H2,47,57)(H,48,65)(H,49,60)(H,50,61)(H,51,64)(H,52,62)(H,53,63)(H,58,59)(H,67,68)/t22-,25-,26-,27-,28-,29-,30-,31-,35-/m0/s1. The summed E-state index contributed by atoms with van der Waals surface area (Å²) in [5.41, 5.74) is 23.0. The number of aliphatic carboxylic acids is 2. The van der Waals surface area contributed by atoms with Gasteiger partial charge in [0.2, 0.25) is 53.2 Å². The number of hydrogen-bond donors (Lipinski definition) is 13. The van der Waals surface area contributed by atoms with Crippen LogP contribution in [-0.4, -0.2) is 147 Å². The van der Waals surface area contributed by atoms with Gasteiger partial charge in [0.25, 0.3) is 0 Å². The van der Waals surface area contributed by atoms with Crippen LogP contribution in [0, 0.1) is 11.8 Å². The summed E-state index contributed by atoms with van der Waals surface area (Å²) < 4.78 is 0. The molecule has 0 aromatic heterocycles. The molecule has 2 rings (SSSR count). The molecule has 1 saturated heterocycles. The molecule has 378 valence electrons. The van der Waals surface area contributed by atoms with Crippen molar-refractivity contribution in [3.05, 3.63) is 29.8 Å². The lowest BCUT2D eigenvalue weighted by Gasteiger charge is -2.30. The third-order valence-electron chi connectivity index (χ3n) is 11.2. The molecule has 1 aliphatic heterocycles. The van der Waals surface area contributed by atoms with Crippen molar-refractivity contribution in [2.24, 2.45) is 34.8 Å². The second-order valence-electron chi connectivity index (χ2n) is 17.2. The van der Waals surface area contributed by atoms with Gasteiger partial charge in [-0.1, -0.05) is 46.2 Å². The van der Waals surface area contributed by atoms with E-state index in [1.54, 1.807) is 27.7 Å². The van der Waals surface area contributed by atoms with Crippen molar-refractivity contribution in [3.63, 3.8) is 0 Å². The maximum absolute atomic E-state index is 14.1. The number of phenolic OH excluding ortho intramolecular Hbond substituents is 1. The van der Waals surface area contributed by atoms with E-state index in [1.807, 2.05) is 0 Å². The van der Waals surface area contributed by atoms with E-state index in [-0.39, 0.29) is 50.3 Å². The molecule has 0 saturated carbocycles. The maximum Gasteiger partial charge on any atom is 0.326 e. The molecule has 0 unspecified atom stereocenters. The average Bonchev–Trinajstić information content (AvgIpc) is 3.77. The van der Waals surface area contributed by atoms with Gasteiger partial charge in [-0.25, -0.2) is 4.79 Å². The second kappa shape index (κ2) is 27.7. The Morgan fingerprint density at radius 3 is 1.82 bits per heavy atom. The van der Waals surface area contributed by atoms with Gasteiger partial charge in [-0.2, -0.15) is 0 Å². The number of nitrogens with zero attached hydrogens (tertiary/aromatic N) is 1. The fourth-order valence-corrected chi connectivity index (χ4v) is 7.18. The van der Waals surface area contributed by atoms with E-state index >= 15 is 0 Å². The first-order valence-corrected chi connectivity index (χ1v) is 22.3. The van der Waals surface area contributed by atoms with Crippen LogP contribution >= 0.6 is 0 Å². The molecular weight excluding hydrogens is 895 g/mol. The highest BCUT2D eigenvalue weighted by molar-refractivity contribution is 5.99. The summed E-state index contributed by atoms with van der Waals surface area (Å²) in [5, 5.41) is 43.1. The highest BCUT2D eigenvalue weighted by Gasteiger charge is 2.40. The Labute approximate surface area is 393 Å². The Hall–Kier alpha value is -6.89. The lowest BCUT2D eigenvalue weighted by Crippen LogP contribution is -2.62. The lowest BCUT2D eigenvalue weighted by molar-refractivity contribution is -0.145. The summed E-state index contributed by atoms with van der Waals surface area (Å²) in [6.45, 7) is 6.38. The third kappa shape index (κ3) is 18.8. The zero-order valence-electron chi connectivity index (χ0n) is 38.7. The molecule has 68 heavy (non-hydrogen) atoms. The number of phenols is 1. The van der Waals surface area contributed by atoms with Crippen LogP contribution in [0.25, 0.3) is 0 Å². The Bertz CT molecular complexity index is 1980. The fourth-order valence-electron chi connectivity index (χ4n) is 7.18. The molecule has 25 nitrogen and oxygen atoms in total. The minimum absolute atomic E-state index is 0.0580. The maximum atomic E-state index is 14.1. The van der Waals surface area contributed by atoms with Gasteiger partial charge in [-0.3, -0.25) is 47.9 Å². The van der Waals surface area contributed by atoms with E-state index in [9.17, 15) is 63.0 Å². The smallest absolute Gasteiger partial charge is 0.326 e. The number of rotatable bonds is 29. The molecule has 1 aromatic carbocycles. The summed E-state index contributed by atoms with van der Waals surface area (Å²) in [5.74, 6) is -11.8. The number of aromatic hydroxyl groups is 1. The Balaban J connectivity index is 2.36. The van der Waals surface area contributed by atoms with Gasteiger partial charge in [0.15, 0.2) is 0 Å². The summed E-state index contributed by atoms with van der Waals surface area (Å²) in [4.78, 5) is 144. The molecular formula is C43H67N11O14. The first-order valence-electron chi connectivity index (χ1n) is 22.3. The Morgan fingerprint density at radius 1 is 0.706 bits per heavy atom. The van der Waals surface area contributed by atoms with Crippen molar-refractivity contribution in [2.75, 3.05) is 13.1 Å². The van der Waals surface area contributed by atoms with Crippen molar-refractivity contribution >= 4 is 65.1 Å². The molecule has 1 aliphatic rings. The average molecular weight is 962 g/mol. The number of primary amides is 2. The van der Waals surface area contributed by atoms with E-state index in [0.717, 1.165) is 4.90 Å². The van der Waals surface area contributed by atoms with Crippen molar-refractivity contribution in [1.29, 1.82) is 0 Å². The van der Waals surface area contributed by atoms with E-state index < -0.39 is 152 Å². The van der Waals surface area contributed by atoms with Gasteiger partial charge in [-0.05, 0) is 61.6 Å². The quantitative estimate of drug-likeness (QED) is 0.0368. The summed E-state index contributed by atoms with van der Waals surface area (Å²) in [6, 6.07) is -5.79. The molecule has 9 amide bonds. The van der Waals surface area contributed by atoms with Crippen LogP contribution in [0.4, 0.5) is 0 Å². The summed E-state index contributed by atoms with van der Waals surface area (Å²) in [6.07, 6.45) is -1.70. The van der Waals surface area contributed by atoms with Crippen LogP contribution in [0.1, 0.15) is 91.0 Å². The SMILES string of the molecule is CC[C@H](C)[C@H](NC(=O)[C@H](Cc1ccc(O)cc1)NC(=O)[C@@H](N)CCC(=O)O)C(=O)N[C@@H](CCC(N)=O)C(=O)N[C@@H](CC(N)=O)C(=O)N[C@@H](CN)C(=O)N1CCC[C@H]1C(=O)N[C@@H](CC(C)C)C(=O)O. The molecule has 0 spiro atoms. The van der Waals surface area contributed by atoms with Crippen molar-refractivity contribution in [2.45, 2.75) is 140 Å². The highest BCUT2D eigenvalue weighted by Crippen LogP contribution is 2.20. The summed E-state index contributed by atoms with van der Waals surface area (Å²) >= 11 is 0. The van der Waals surface area contributed by atoms with Crippen molar-refractivity contribution in [1.82, 2.24) is 36.8 Å². The molecule has 0 radical (unpaired) electrons. The van der Waals surface area contributed by atoms with Crippen LogP contribution in [0.2, 0.25) is 0 Å². The largest absolute Gasteiger partial charge is 0.508 e. The van der Waals surface area contributed by atoms with Crippen molar-refractivity contribution in [3.8, 4) is 5.75 Å². The highest BCUT2D eigenvalue weighted by atomic mass is 16.4. The van der Waals surface area contributed by atoms with Gasteiger partial charge in [-0.15, -0.1) is 0 Å². The van der Waals surface area contributed by atoms with Crippen LogP contribution in [-0.2, 0) is 59.2 Å². The molecule has 0 aliphatic carbocycles. The number of nitrogens with two attached hydrogens (primary N) is 4. The van der Waals surface area contributed by atoms with Crippen LogP contribution in [0.5, 0.6) is 5.75 Å². The third-order valence-corrected chi connectivity index (χ3v) is 11.2. The number of likely N-dealkylation sites (tertiary alicyclic amines) is 1. The molecule has 25 heteroatoms. The van der Waals surface area contributed by atoms with E-state index in [1.165, 1.54) is 24.3 Å². The number of amides is 9. The lowest BCUT2D eigenvalue weighted by atomic mass is 9.96. The summed E-state index contributed by atoms with van der Waals surface area (Å²) in [7, 11) is 0. The number of carbonyl (C=O) groups excluding carboxylic acids is 9.